The van der Waals surface area contributed by atoms with Gasteiger partial charge in [-0.05, 0) is 47.7 Å². The van der Waals surface area contributed by atoms with E-state index in [1.807, 2.05) is 18.2 Å². The van der Waals surface area contributed by atoms with Crippen molar-refractivity contribution < 1.29 is 17.9 Å². The Hall–Kier alpha value is -1.85. The molecule has 1 aliphatic carbocycles. The van der Waals surface area contributed by atoms with Gasteiger partial charge in [-0.3, -0.25) is 0 Å². The molecule has 3 unspecified atom stereocenters. The lowest BCUT2D eigenvalue weighted by molar-refractivity contribution is -0.274. The van der Waals surface area contributed by atoms with Crippen molar-refractivity contribution in [3.05, 3.63) is 69.7 Å². The number of rotatable bonds is 2. The minimum Gasteiger partial charge on any atom is -0.406 e. The van der Waals surface area contributed by atoms with Crippen molar-refractivity contribution in [2.45, 2.75) is 24.7 Å². The number of fused-ring (bicyclic) bond motifs is 3. The van der Waals surface area contributed by atoms with E-state index in [1.54, 1.807) is 12.1 Å². The zero-order valence-corrected chi connectivity index (χ0v) is 14.9. The summed E-state index contributed by atoms with van der Waals surface area (Å²) in [7, 11) is 0. The molecule has 0 amide bonds. The van der Waals surface area contributed by atoms with Gasteiger partial charge in [0.05, 0.1) is 16.1 Å². The Balaban J connectivity index is 1.74. The summed E-state index contributed by atoms with van der Waals surface area (Å²) in [5, 5.41) is 4.40. The Kier molecular flexibility index (Phi) is 4.32. The highest BCUT2D eigenvalue weighted by Gasteiger charge is 2.39. The maximum absolute atomic E-state index is 12.5. The molecule has 1 heterocycles. The summed E-state index contributed by atoms with van der Waals surface area (Å²) in [5.74, 6) is -0.0842. The second-order valence-corrected chi connectivity index (χ2v) is 7.20. The number of benzene rings is 2. The van der Waals surface area contributed by atoms with Gasteiger partial charge in [-0.25, -0.2) is 0 Å². The van der Waals surface area contributed by atoms with Gasteiger partial charge >= 0.3 is 6.36 Å². The van der Waals surface area contributed by atoms with Gasteiger partial charge in [0.1, 0.15) is 5.75 Å². The maximum Gasteiger partial charge on any atom is 0.573 e. The molecule has 136 valence electrons. The third-order valence-corrected chi connectivity index (χ3v) is 5.72. The van der Waals surface area contributed by atoms with E-state index in [4.69, 9.17) is 23.2 Å². The van der Waals surface area contributed by atoms with E-state index in [2.05, 4.69) is 16.1 Å². The molecule has 0 aromatic heterocycles. The van der Waals surface area contributed by atoms with Gasteiger partial charge in [0, 0.05) is 11.6 Å². The second kappa shape index (κ2) is 6.39. The Morgan fingerprint density at radius 1 is 1.08 bits per heavy atom. The fraction of sp³-hybridized carbons (Fsp3) is 0.263. The number of hydrogen-bond acceptors (Lipinski definition) is 2. The van der Waals surface area contributed by atoms with Crippen LogP contribution in [-0.2, 0) is 0 Å². The van der Waals surface area contributed by atoms with Crippen LogP contribution in [0.5, 0.6) is 5.75 Å². The molecule has 0 fully saturated rings. The zero-order chi connectivity index (χ0) is 18.5. The lowest BCUT2D eigenvalue weighted by atomic mass is 9.77. The van der Waals surface area contributed by atoms with Crippen LogP contribution in [0.2, 0.25) is 10.0 Å². The van der Waals surface area contributed by atoms with Crippen LogP contribution in [0.4, 0.5) is 18.9 Å². The average Bonchev–Trinajstić information content (AvgIpc) is 3.05. The van der Waals surface area contributed by atoms with E-state index >= 15 is 0 Å². The molecular weight excluding hydrogens is 386 g/mol. The van der Waals surface area contributed by atoms with Crippen molar-refractivity contribution in [1.29, 1.82) is 0 Å². The number of hydrogen-bond donors (Lipinski definition) is 1. The molecule has 3 atom stereocenters. The van der Waals surface area contributed by atoms with E-state index in [0.717, 1.165) is 23.2 Å². The van der Waals surface area contributed by atoms with Crippen LogP contribution in [0.15, 0.2) is 48.6 Å². The third-order valence-electron chi connectivity index (χ3n) is 4.88. The topological polar surface area (TPSA) is 21.3 Å². The molecule has 2 aromatic rings. The Morgan fingerprint density at radius 2 is 1.88 bits per heavy atom. The number of allylic oxidation sites excluding steroid dienone is 2. The van der Waals surface area contributed by atoms with Crippen LogP contribution in [0.25, 0.3) is 0 Å². The van der Waals surface area contributed by atoms with Crippen molar-refractivity contribution in [1.82, 2.24) is 0 Å². The first-order valence-electron chi connectivity index (χ1n) is 8.10. The van der Waals surface area contributed by atoms with Crippen molar-refractivity contribution >= 4 is 28.9 Å². The summed E-state index contributed by atoms with van der Waals surface area (Å²) < 4.78 is 41.7. The number of nitrogens with one attached hydrogen (secondary N) is 1. The lowest BCUT2D eigenvalue weighted by Crippen LogP contribution is -2.29. The van der Waals surface area contributed by atoms with Crippen LogP contribution in [0.1, 0.15) is 29.5 Å². The number of alkyl halides is 3. The minimum atomic E-state index is -4.71. The van der Waals surface area contributed by atoms with Gasteiger partial charge in [-0.2, -0.15) is 0 Å². The molecule has 4 rings (SSSR count). The van der Waals surface area contributed by atoms with E-state index < -0.39 is 6.36 Å². The zero-order valence-electron chi connectivity index (χ0n) is 13.4. The molecule has 0 bridgehead atoms. The van der Waals surface area contributed by atoms with Gasteiger partial charge in [0.25, 0.3) is 0 Å². The van der Waals surface area contributed by atoms with Crippen LogP contribution >= 0.6 is 23.2 Å². The number of ether oxygens (including phenoxy) is 1. The molecule has 0 radical (unpaired) electrons. The normalized spacial score (nSPS) is 24.0. The van der Waals surface area contributed by atoms with E-state index in [9.17, 15) is 13.2 Å². The van der Waals surface area contributed by atoms with Gasteiger partial charge in [0.2, 0.25) is 0 Å². The first kappa shape index (κ1) is 17.6. The Morgan fingerprint density at radius 3 is 2.65 bits per heavy atom. The molecule has 1 N–H and O–H groups in total. The molecule has 2 nitrogen and oxygen atoms in total. The summed E-state index contributed by atoms with van der Waals surface area (Å²) in [6.45, 7) is 0. The van der Waals surface area contributed by atoms with Crippen LogP contribution in [0.3, 0.4) is 0 Å². The third kappa shape index (κ3) is 3.14. The fourth-order valence-corrected chi connectivity index (χ4v) is 4.26. The molecule has 26 heavy (non-hydrogen) atoms. The Labute approximate surface area is 158 Å². The number of anilines is 1. The SMILES string of the molecule is FC(F)(F)Oc1ccc2c(c1)C1C=CCC1C(c1cccc(Cl)c1Cl)N2. The smallest absolute Gasteiger partial charge is 0.406 e. The van der Waals surface area contributed by atoms with Crippen molar-refractivity contribution in [2.75, 3.05) is 5.32 Å². The predicted octanol–water partition coefficient (Wildman–Crippen LogP) is 6.72. The summed E-state index contributed by atoms with van der Waals surface area (Å²) >= 11 is 12.6. The highest BCUT2D eigenvalue weighted by atomic mass is 35.5. The van der Waals surface area contributed by atoms with E-state index in [1.165, 1.54) is 12.1 Å². The Bertz CT molecular complexity index is 882. The summed E-state index contributed by atoms with van der Waals surface area (Å²) in [4.78, 5) is 0. The van der Waals surface area contributed by atoms with Crippen LogP contribution < -0.4 is 10.1 Å². The molecular formula is C19H14Cl2F3NO. The van der Waals surface area contributed by atoms with Gasteiger partial charge < -0.3 is 10.1 Å². The largest absolute Gasteiger partial charge is 0.573 e. The molecule has 0 saturated carbocycles. The average molecular weight is 400 g/mol. The highest BCUT2D eigenvalue weighted by molar-refractivity contribution is 6.42. The molecule has 0 spiro atoms. The molecule has 2 aromatic carbocycles. The van der Waals surface area contributed by atoms with Crippen molar-refractivity contribution in [3.8, 4) is 5.75 Å². The summed E-state index contributed by atoms with van der Waals surface area (Å²) in [5.41, 5.74) is 2.45. The number of halogens is 5. The van der Waals surface area contributed by atoms with E-state index in [0.29, 0.717) is 10.0 Å². The van der Waals surface area contributed by atoms with Gasteiger partial charge in [-0.15, -0.1) is 13.2 Å². The lowest BCUT2D eigenvalue weighted by Gasteiger charge is -2.38. The standard InChI is InChI=1S/C19H14Cl2F3NO/c20-15-6-2-5-13(17(15)21)18-12-4-1-3-11(12)14-9-10(26-19(22,23)24)7-8-16(14)25-18/h1-3,5-9,11-12,18,25H,4H2. The van der Waals surface area contributed by atoms with Crippen LogP contribution in [-0.4, -0.2) is 6.36 Å². The summed E-state index contributed by atoms with van der Waals surface area (Å²) in [6, 6.07) is 9.81. The highest BCUT2D eigenvalue weighted by Crippen LogP contribution is 2.52. The molecule has 0 saturated heterocycles. The second-order valence-electron chi connectivity index (χ2n) is 6.42. The summed E-state index contributed by atoms with van der Waals surface area (Å²) in [6.07, 6.45) is 0.176. The quantitative estimate of drug-likeness (QED) is 0.565. The minimum absolute atomic E-state index is 0.0110. The van der Waals surface area contributed by atoms with Gasteiger partial charge in [-0.1, -0.05) is 47.5 Å². The monoisotopic (exact) mass is 399 g/mol. The first-order chi connectivity index (χ1) is 12.3. The fourth-order valence-electron chi connectivity index (χ4n) is 3.84. The van der Waals surface area contributed by atoms with Crippen molar-refractivity contribution in [2.24, 2.45) is 5.92 Å². The van der Waals surface area contributed by atoms with Crippen molar-refractivity contribution in [3.63, 3.8) is 0 Å². The van der Waals surface area contributed by atoms with E-state index in [-0.39, 0.29) is 23.6 Å². The predicted molar refractivity (Wildman–Crippen MR) is 95.9 cm³/mol. The first-order valence-corrected chi connectivity index (χ1v) is 8.86. The molecule has 2 aliphatic rings. The molecule has 1 aliphatic heterocycles. The molecule has 7 heteroatoms. The maximum atomic E-state index is 12.5. The van der Waals surface area contributed by atoms with Crippen LogP contribution in [0, 0.1) is 5.92 Å². The van der Waals surface area contributed by atoms with Gasteiger partial charge in [0.15, 0.2) is 0 Å².